The van der Waals surface area contributed by atoms with Gasteiger partial charge in [0.1, 0.15) is 11.4 Å². The second-order valence-electron chi connectivity index (χ2n) is 6.69. The second kappa shape index (κ2) is 7.80. The van der Waals surface area contributed by atoms with Gasteiger partial charge in [0.2, 0.25) is 5.91 Å². The minimum atomic E-state index is -0.00912. The van der Waals surface area contributed by atoms with E-state index in [0.29, 0.717) is 31.0 Å². The van der Waals surface area contributed by atoms with Gasteiger partial charge in [-0.05, 0) is 29.8 Å². The van der Waals surface area contributed by atoms with E-state index in [9.17, 15) is 4.79 Å². The highest BCUT2D eigenvalue weighted by atomic mass is 16.5. The maximum Gasteiger partial charge on any atom is 0.228 e. The Bertz CT molecular complexity index is 919. The summed E-state index contributed by atoms with van der Waals surface area (Å²) in [5, 5.41) is 4.96. The van der Waals surface area contributed by atoms with Crippen molar-refractivity contribution in [2.45, 2.75) is 18.9 Å². The van der Waals surface area contributed by atoms with Crippen LogP contribution >= 0.6 is 0 Å². The summed E-state index contributed by atoms with van der Waals surface area (Å²) in [6, 6.07) is 15.6. The van der Waals surface area contributed by atoms with Gasteiger partial charge in [-0.1, -0.05) is 29.4 Å². The molecule has 2 heterocycles. The fraction of sp³-hybridized carbons (Fsp3) is 0.333. The number of hydrogen-bond acceptors (Lipinski definition) is 5. The van der Waals surface area contributed by atoms with E-state index >= 15 is 0 Å². The average Bonchev–Trinajstić information content (AvgIpc) is 3.12. The van der Waals surface area contributed by atoms with Gasteiger partial charge in [-0.2, -0.15) is 0 Å². The van der Waals surface area contributed by atoms with Gasteiger partial charge in [-0.3, -0.25) is 4.79 Å². The topological polar surface area (TPSA) is 64.8 Å². The molecule has 6 heteroatoms. The highest BCUT2D eigenvalue weighted by Crippen LogP contribution is 2.20. The van der Waals surface area contributed by atoms with Crippen molar-refractivity contribution >= 4 is 16.9 Å². The fourth-order valence-corrected chi connectivity index (χ4v) is 3.41. The van der Waals surface area contributed by atoms with Crippen LogP contribution in [0.2, 0.25) is 0 Å². The van der Waals surface area contributed by atoms with Gasteiger partial charge < -0.3 is 18.9 Å². The lowest BCUT2D eigenvalue weighted by Crippen LogP contribution is -2.47. The molecule has 0 N–H and O–H groups in total. The molecule has 0 unspecified atom stereocenters. The van der Waals surface area contributed by atoms with Gasteiger partial charge in [0.25, 0.3) is 0 Å². The van der Waals surface area contributed by atoms with E-state index in [1.165, 1.54) is 0 Å². The van der Waals surface area contributed by atoms with Crippen LogP contribution in [0.3, 0.4) is 0 Å². The first-order valence-corrected chi connectivity index (χ1v) is 9.08. The molecule has 0 aliphatic carbocycles. The van der Waals surface area contributed by atoms with Crippen molar-refractivity contribution in [1.29, 1.82) is 0 Å². The summed E-state index contributed by atoms with van der Waals surface area (Å²) >= 11 is 0. The van der Waals surface area contributed by atoms with Gasteiger partial charge in [0, 0.05) is 24.9 Å². The Morgan fingerprint density at radius 2 is 2.04 bits per heavy atom. The number of benzene rings is 2. The van der Waals surface area contributed by atoms with Gasteiger partial charge in [0.15, 0.2) is 5.58 Å². The Labute approximate surface area is 157 Å². The molecule has 27 heavy (non-hydrogen) atoms. The van der Waals surface area contributed by atoms with Crippen molar-refractivity contribution < 1.29 is 18.8 Å². The molecule has 1 saturated heterocycles. The number of ether oxygens (including phenoxy) is 2. The van der Waals surface area contributed by atoms with E-state index in [4.69, 9.17) is 14.0 Å². The third kappa shape index (κ3) is 3.95. The average molecular weight is 366 g/mol. The van der Waals surface area contributed by atoms with Crippen LogP contribution < -0.4 is 4.74 Å². The van der Waals surface area contributed by atoms with Crippen molar-refractivity contribution in [3.63, 3.8) is 0 Å². The molecule has 4 rings (SSSR count). The molecule has 0 radical (unpaired) electrons. The lowest BCUT2D eigenvalue weighted by atomic mass is 10.1. The Kier molecular flexibility index (Phi) is 5.07. The minimum Gasteiger partial charge on any atom is -0.497 e. The number of carbonyl (C=O) groups excluding carboxylic acids is 1. The van der Waals surface area contributed by atoms with Crippen LogP contribution in [0.5, 0.6) is 5.75 Å². The minimum absolute atomic E-state index is 0.00912. The number of amides is 1. The zero-order chi connectivity index (χ0) is 18.6. The number of aromatic nitrogens is 1. The largest absolute Gasteiger partial charge is 0.497 e. The molecule has 3 aromatic rings. The Balaban J connectivity index is 1.39. The Morgan fingerprint density at radius 1 is 1.22 bits per heavy atom. The molecule has 140 valence electrons. The van der Waals surface area contributed by atoms with E-state index in [2.05, 4.69) is 5.16 Å². The Morgan fingerprint density at radius 3 is 2.85 bits per heavy atom. The summed E-state index contributed by atoms with van der Waals surface area (Å²) in [6.07, 6.45) is 0.998. The number of para-hydroxylation sites is 1. The van der Waals surface area contributed by atoms with Gasteiger partial charge in [-0.15, -0.1) is 0 Å². The monoisotopic (exact) mass is 366 g/mol. The van der Waals surface area contributed by atoms with E-state index in [-0.39, 0.29) is 18.4 Å². The summed E-state index contributed by atoms with van der Waals surface area (Å²) < 4.78 is 16.4. The normalized spacial score (nSPS) is 17.2. The summed E-state index contributed by atoms with van der Waals surface area (Å²) in [5.41, 5.74) is 2.56. The third-order valence-corrected chi connectivity index (χ3v) is 4.88. The maximum atomic E-state index is 12.8. The number of fused-ring (bicyclic) bond motifs is 1. The summed E-state index contributed by atoms with van der Waals surface area (Å²) in [6.45, 7) is 1.74. The van der Waals surface area contributed by atoms with E-state index in [1.54, 1.807) is 7.11 Å². The van der Waals surface area contributed by atoms with Crippen molar-refractivity contribution in [2.24, 2.45) is 0 Å². The molecular formula is C21H22N2O4. The number of carbonyl (C=O) groups is 1. The maximum absolute atomic E-state index is 12.8. The van der Waals surface area contributed by atoms with E-state index < -0.39 is 0 Å². The van der Waals surface area contributed by atoms with Crippen LogP contribution in [0, 0.1) is 0 Å². The summed E-state index contributed by atoms with van der Waals surface area (Å²) in [7, 11) is 1.65. The SMILES string of the molecule is COc1ccc(C[C@H]2CN(C(=O)Cc3noc4ccccc34)CCO2)cc1. The fourth-order valence-electron chi connectivity index (χ4n) is 3.41. The van der Waals surface area contributed by atoms with Gasteiger partial charge >= 0.3 is 0 Å². The molecule has 0 saturated carbocycles. The first-order chi connectivity index (χ1) is 13.2. The molecule has 1 aliphatic heterocycles. The molecule has 0 bridgehead atoms. The van der Waals surface area contributed by atoms with Crippen molar-refractivity contribution in [3.05, 3.63) is 59.8 Å². The van der Waals surface area contributed by atoms with Crippen LogP contribution in [0.4, 0.5) is 0 Å². The van der Waals surface area contributed by atoms with Crippen molar-refractivity contribution in [1.82, 2.24) is 10.1 Å². The van der Waals surface area contributed by atoms with Crippen LogP contribution in [-0.2, 0) is 22.4 Å². The molecule has 2 aromatic carbocycles. The molecular weight excluding hydrogens is 344 g/mol. The van der Waals surface area contributed by atoms with Crippen LogP contribution in [0.25, 0.3) is 11.0 Å². The van der Waals surface area contributed by atoms with Crippen LogP contribution in [-0.4, -0.2) is 48.9 Å². The smallest absolute Gasteiger partial charge is 0.228 e. The number of methoxy groups -OCH3 is 1. The quantitative estimate of drug-likeness (QED) is 0.695. The molecule has 1 aliphatic rings. The van der Waals surface area contributed by atoms with Crippen molar-refractivity contribution in [3.8, 4) is 5.75 Å². The molecule has 1 atom stereocenters. The van der Waals surface area contributed by atoms with Gasteiger partial charge in [-0.25, -0.2) is 0 Å². The van der Waals surface area contributed by atoms with E-state index in [1.807, 2.05) is 53.4 Å². The molecule has 1 amide bonds. The standard InChI is InChI=1S/C21H22N2O4/c1-25-16-8-6-15(7-9-16)12-17-14-23(10-11-26-17)21(24)13-19-18-4-2-3-5-20(18)27-22-19/h2-9,17H,10-14H2,1H3/t17-/m0/s1. The third-order valence-electron chi connectivity index (χ3n) is 4.88. The lowest BCUT2D eigenvalue weighted by molar-refractivity contribution is -0.138. The second-order valence-corrected chi connectivity index (χ2v) is 6.69. The zero-order valence-corrected chi connectivity index (χ0v) is 15.3. The molecule has 6 nitrogen and oxygen atoms in total. The number of hydrogen-bond donors (Lipinski definition) is 0. The molecule has 1 aromatic heterocycles. The van der Waals surface area contributed by atoms with Crippen molar-refractivity contribution in [2.75, 3.05) is 26.8 Å². The van der Waals surface area contributed by atoms with E-state index in [0.717, 1.165) is 23.1 Å². The number of nitrogens with zero attached hydrogens (tertiary/aromatic N) is 2. The summed E-state index contributed by atoms with van der Waals surface area (Å²) in [5.74, 6) is 0.886. The van der Waals surface area contributed by atoms with Crippen LogP contribution in [0.15, 0.2) is 53.1 Å². The number of rotatable bonds is 5. The predicted octanol–water partition coefficient (Wildman–Crippen LogP) is 2.85. The molecule has 1 fully saturated rings. The first-order valence-electron chi connectivity index (χ1n) is 9.08. The number of morpholine rings is 1. The zero-order valence-electron chi connectivity index (χ0n) is 15.3. The molecule has 0 spiro atoms. The van der Waals surface area contributed by atoms with Crippen LogP contribution in [0.1, 0.15) is 11.3 Å². The Hall–Kier alpha value is -2.86. The van der Waals surface area contributed by atoms with Gasteiger partial charge in [0.05, 0.1) is 26.2 Å². The lowest BCUT2D eigenvalue weighted by Gasteiger charge is -2.33. The predicted molar refractivity (Wildman–Crippen MR) is 101 cm³/mol. The highest BCUT2D eigenvalue weighted by molar-refractivity contribution is 5.86. The highest BCUT2D eigenvalue weighted by Gasteiger charge is 2.25. The summed E-state index contributed by atoms with van der Waals surface area (Å²) in [4.78, 5) is 14.6. The first kappa shape index (κ1) is 17.5.